The summed E-state index contributed by atoms with van der Waals surface area (Å²) in [6.45, 7) is 0. The molecule has 2 aromatic carbocycles. The second-order valence-electron chi connectivity index (χ2n) is 5.28. The Bertz CT molecular complexity index is 734. The molecule has 1 amide bonds. The van der Waals surface area contributed by atoms with Gasteiger partial charge >= 0.3 is 5.97 Å². The van der Waals surface area contributed by atoms with Gasteiger partial charge in [0.15, 0.2) is 0 Å². The van der Waals surface area contributed by atoms with E-state index in [1.54, 1.807) is 12.1 Å². The van der Waals surface area contributed by atoms with E-state index in [1.807, 2.05) is 0 Å². The molecule has 0 aliphatic rings. The third kappa shape index (κ3) is 5.15. The predicted octanol–water partition coefficient (Wildman–Crippen LogP) is 2.41. The van der Waals surface area contributed by atoms with Crippen LogP contribution in [-0.2, 0) is 27.2 Å². The van der Waals surface area contributed by atoms with Gasteiger partial charge in [0.05, 0.1) is 13.5 Å². The average Bonchev–Trinajstić information content (AvgIpc) is 2.53. The summed E-state index contributed by atoms with van der Waals surface area (Å²) < 4.78 is 31.1. The quantitative estimate of drug-likeness (QED) is 0.826. The third-order valence-corrected chi connectivity index (χ3v) is 3.40. The van der Waals surface area contributed by atoms with Crippen LogP contribution < -0.4 is 5.32 Å². The number of nitrogens with one attached hydrogen (secondary N) is 1. The number of esters is 1. The van der Waals surface area contributed by atoms with E-state index in [2.05, 4.69) is 10.1 Å². The van der Waals surface area contributed by atoms with Crippen molar-refractivity contribution < 1.29 is 23.1 Å². The number of hydrogen-bond donors (Lipinski definition) is 1. The molecular formula is C18H17F2NO3. The zero-order chi connectivity index (χ0) is 17.5. The molecule has 126 valence electrons. The van der Waals surface area contributed by atoms with Crippen LogP contribution in [0.2, 0.25) is 0 Å². The van der Waals surface area contributed by atoms with Gasteiger partial charge in [0.25, 0.3) is 0 Å². The highest BCUT2D eigenvalue weighted by atomic mass is 19.1. The van der Waals surface area contributed by atoms with Gasteiger partial charge in [-0.2, -0.15) is 0 Å². The van der Waals surface area contributed by atoms with Crippen molar-refractivity contribution in [1.29, 1.82) is 0 Å². The summed E-state index contributed by atoms with van der Waals surface area (Å²) in [7, 11) is 1.21. The molecule has 0 aliphatic heterocycles. The zero-order valence-electron chi connectivity index (χ0n) is 13.1. The van der Waals surface area contributed by atoms with Gasteiger partial charge in [-0.25, -0.2) is 13.6 Å². The van der Waals surface area contributed by atoms with E-state index in [9.17, 15) is 18.4 Å². The Hall–Kier alpha value is -2.76. The second-order valence-corrected chi connectivity index (χ2v) is 5.28. The normalized spacial score (nSPS) is 11.6. The molecule has 0 aliphatic carbocycles. The van der Waals surface area contributed by atoms with Crippen LogP contribution in [0.15, 0.2) is 48.5 Å². The van der Waals surface area contributed by atoms with Gasteiger partial charge in [0, 0.05) is 6.42 Å². The topological polar surface area (TPSA) is 55.4 Å². The first-order valence-electron chi connectivity index (χ1n) is 7.34. The molecule has 0 unspecified atom stereocenters. The molecule has 0 bridgehead atoms. The monoisotopic (exact) mass is 333 g/mol. The third-order valence-electron chi connectivity index (χ3n) is 3.40. The molecule has 0 aromatic heterocycles. The van der Waals surface area contributed by atoms with Gasteiger partial charge in [-0.05, 0) is 35.4 Å². The number of benzene rings is 2. The summed E-state index contributed by atoms with van der Waals surface area (Å²) >= 11 is 0. The maximum absolute atomic E-state index is 13.2. The Labute approximate surface area is 138 Å². The van der Waals surface area contributed by atoms with Crippen LogP contribution in [0.1, 0.15) is 11.1 Å². The van der Waals surface area contributed by atoms with Crippen LogP contribution in [-0.4, -0.2) is 25.0 Å². The number of halogens is 2. The van der Waals surface area contributed by atoms with Crippen LogP contribution in [0.4, 0.5) is 8.78 Å². The van der Waals surface area contributed by atoms with Crippen molar-refractivity contribution in [2.24, 2.45) is 0 Å². The summed E-state index contributed by atoms with van der Waals surface area (Å²) in [5, 5.41) is 2.55. The Morgan fingerprint density at radius 3 is 2.21 bits per heavy atom. The molecule has 4 nitrogen and oxygen atoms in total. The van der Waals surface area contributed by atoms with Crippen molar-refractivity contribution in [3.8, 4) is 0 Å². The number of methoxy groups -OCH3 is 1. The van der Waals surface area contributed by atoms with Crippen LogP contribution in [0, 0.1) is 11.6 Å². The molecule has 0 spiro atoms. The molecule has 1 atom stereocenters. The number of hydrogen-bond acceptors (Lipinski definition) is 3. The highest BCUT2D eigenvalue weighted by Gasteiger charge is 2.22. The number of ether oxygens (including phenoxy) is 1. The number of amides is 1. The largest absolute Gasteiger partial charge is 0.467 e. The van der Waals surface area contributed by atoms with Crippen LogP contribution in [0.25, 0.3) is 0 Å². The Kier molecular flexibility index (Phi) is 6.01. The molecular weight excluding hydrogens is 316 g/mol. The summed E-state index contributed by atoms with van der Waals surface area (Å²) in [5.41, 5.74) is 1.04. The summed E-state index contributed by atoms with van der Waals surface area (Å²) in [6.07, 6.45) is 0.0216. The summed E-state index contributed by atoms with van der Waals surface area (Å²) in [4.78, 5) is 23.9. The lowest BCUT2D eigenvalue weighted by atomic mass is 10.0. The van der Waals surface area contributed by atoms with Crippen LogP contribution in [0.5, 0.6) is 0 Å². The minimum atomic E-state index is -0.946. The Balaban J connectivity index is 2.05. The smallest absolute Gasteiger partial charge is 0.328 e. The van der Waals surface area contributed by atoms with E-state index in [4.69, 9.17) is 0 Å². The van der Waals surface area contributed by atoms with E-state index < -0.39 is 29.6 Å². The number of rotatable bonds is 6. The Morgan fingerprint density at radius 2 is 1.62 bits per heavy atom. The highest BCUT2D eigenvalue weighted by Crippen LogP contribution is 2.09. The van der Waals surface area contributed by atoms with Gasteiger partial charge in [-0.1, -0.05) is 24.3 Å². The lowest BCUT2D eigenvalue weighted by Crippen LogP contribution is -2.43. The molecule has 1 N–H and O–H groups in total. The molecule has 0 saturated carbocycles. The molecule has 6 heteroatoms. The first-order valence-corrected chi connectivity index (χ1v) is 7.34. The molecule has 24 heavy (non-hydrogen) atoms. The first kappa shape index (κ1) is 17.6. The summed E-state index contributed by atoms with van der Waals surface area (Å²) in [5.74, 6) is -1.95. The fourth-order valence-corrected chi connectivity index (χ4v) is 2.31. The van der Waals surface area contributed by atoms with E-state index >= 15 is 0 Å². The lowest BCUT2D eigenvalue weighted by molar-refractivity contribution is -0.145. The van der Waals surface area contributed by atoms with Gasteiger partial charge in [-0.3, -0.25) is 4.79 Å². The van der Waals surface area contributed by atoms with Crippen molar-refractivity contribution in [1.82, 2.24) is 5.32 Å². The van der Waals surface area contributed by atoms with Crippen LogP contribution >= 0.6 is 0 Å². The Morgan fingerprint density at radius 1 is 1.04 bits per heavy atom. The van der Waals surface area contributed by atoms with Crippen molar-refractivity contribution in [2.75, 3.05) is 7.11 Å². The van der Waals surface area contributed by atoms with Crippen molar-refractivity contribution >= 4 is 11.9 Å². The lowest BCUT2D eigenvalue weighted by Gasteiger charge is -2.16. The molecule has 0 saturated heterocycles. The van der Waals surface area contributed by atoms with Crippen molar-refractivity contribution in [2.45, 2.75) is 18.9 Å². The van der Waals surface area contributed by atoms with E-state index in [1.165, 1.54) is 43.5 Å². The maximum atomic E-state index is 13.2. The van der Waals surface area contributed by atoms with Gasteiger partial charge in [-0.15, -0.1) is 0 Å². The van der Waals surface area contributed by atoms with E-state index in [0.29, 0.717) is 11.1 Å². The van der Waals surface area contributed by atoms with Gasteiger partial charge in [0.2, 0.25) is 5.91 Å². The fourth-order valence-electron chi connectivity index (χ4n) is 2.31. The molecule has 0 fully saturated rings. The zero-order valence-corrected chi connectivity index (χ0v) is 13.1. The maximum Gasteiger partial charge on any atom is 0.328 e. The predicted molar refractivity (Wildman–Crippen MR) is 84.2 cm³/mol. The molecule has 2 rings (SSSR count). The highest BCUT2D eigenvalue weighted by molar-refractivity contribution is 5.85. The van der Waals surface area contributed by atoms with Crippen molar-refractivity contribution in [3.05, 3.63) is 71.3 Å². The second kappa shape index (κ2) is 8.19. The minimum absolute atomic E-state index is 0.0750. The van der Waals surface area contributed by atoms with E-state index in [0.717, 1.165) is 0 Å². The number of carbonyl (C=O) groups excluding carboxylic acids is 2. The van der Waals surface area contributed by atoms with E-state index in [-0.39, 0.29) is 12.8 Å². The molecule has 0 radical (unpaired) electrons. The van der Waals surface area contributed by atoms with Gasteiger partial charge < -0.3 is 10.1 Å². The molecule has 2 aromatic rings. The molecule has 0 heterocycles. The fraction of sp³-hybridized carbons (Fsp3) is 0.222. The van der Waals surface area contributed by atoms with Crippen molar-refractivity contribution in [3.63, 3.8) is 0 Å². The average molecular weight is 333 g/mol. The minimum Gasteiger partial charge on any atom is -0.467 e. The first-order chi connectivity index (χ1) is 11.5. The van der Waals surface area contributed by atoms with Crippen LogP contribution in [0.3, 0.4) is 0 Å². The summed E-state index contributed by atoms with van der Waals surface area (Å²) in [6, 6.07) is 10.4. The van der Waals surface area contributed by atoms with Gasteiger partial charge in [0.1, 0.15) is 17.7 Å². The number of carbonyl (C=O) groups is 2. The SMILES string of the molecule is COC(=O)[C@@H](Cc1cccc(F)c1)NC(=O)Cc1cccc(F)c1. The standard InChI is InChI=1S/C18H17F2NO3/c1-24-18(23)16(10-12-4-2-6-14(19)8-12)21-17(22)11-13-5-3-7-15(20)9-13/h2-9,16H,10-11H2,1H3,(H,21,22)/t16-/m1/s1.